The van der Waals surface area contributed by atoms with E-state index < -0.39 is 0 Å². The number of carbonyl (C=O) groups is 4. The van der Waals surface area contributed by atoms with Crippen molar-refractivity contribution in [1.82, 2.24) is 21.3 Å². The van der Waals surface area contributed by atoms with Crippen LogP contribution in [-0.4, -0.2) is 96.7 Å². The molecule has 0 radical (unpaired) electrons. The molecule has 0 bridgehead atoms. The molecule has 12 heteroatoms. The van der Waals surface area contributed by atoms with Gasteiger partial charge < -0.3 is 41.7 Å². The smallest absolute Gasteiger partial charge is 0.251 e. The lowest BCUT2D eigenvalue weighted by atomic mass is 9.95. The van der Waals surface area contributed by atoms with E-state index in [-0.39, 0.29) is 72.3 Å². The molecule has 0 heterocycles. The second-order valence-electron chi connectivity index (χ2n) is 13.2. The van der Waals surface area contributed by atoms with Crippen LogP contribution in [0.1, 0.15) is 144 Å². The first kappa shape index (κ1) is 44.3. The van der Waals surface area contributed by atoms with Crippen LogP contribution in [0.25, 0.3) is 11.1 Å². The number of benzene rings is 2. The lowest BCUT2D eigenvalue weighted by Gasteiger charge is -2.14. The Morgan fingerprint density at radius 1 is 0.327 bits per heavy atom. The Labute approximate surface area is 309 Å². The number of carbonyl (C=O) groups excluding carboxylic acids is 4. The van der Waals surface area contributed by atoms with Crippen molar-refractivity contribution < 1.29 is 39.6 Å². The van der Waals surface area contributed by atoms with Crippen molar-refractivity contribution >= 4 is 23.6 Å². The van der Waals surface area contributed by atoms with E-state index in [2.05, 4.69) is 21.3 Å². The molecular weight excluding hydrogens is 664 g/mol. The Bertz CT molecular complexity index is 1160. The molecule has 4 amide bonds. The summed E-state index contributed by atoms with van der Waals surface area (Å²) in [5.41, 5.74) is 2.08. The highest BCUT2D eigenvalue weighted by molar-refractivity contribution is 6.04. The van der Waals surface area contributed by atoms with Gasteiger partial charge in [0.15, 0.2) is 0 Å². The molecule has 12 nitrogen and oxygen atoms in total. The first-order valence-electron chi connectivity index (χ1n) is 19.2. The van der Waals surface area contributed by atoms with Gasteiger partial charge in [0, 0.05) is 74.9 Å². The highest BCUT2D eigenvalue weighted by Gasteiger charge is 2.18. The number of unbranched alkanes of at least 4 members (excludes halogenated alkanes) is 12. The van der Waals surface area contributed by atoms with Crippen LogP contribution in [0.15, 0.2) is 36.4 Å². The third-order valence-corrected chi connectivity index (χ3v) is 8.73. The minimum Gasteiger partial charge on any atom is -0.396 e. The maximum absolute atomic E-state index is 13.4. The van der Waals surface area contributed by atoms with Gasteiger partial charge in [-0.2, -0.15) is 0 Å². The Balaban J connectivity index is 2.41. The third kappa shape index (κ3) is 18.1. The molecule has 0 aliphatic rings. The highest BCUT2D eigenvalue weighted by atomic mass is 16.3. The number of aliphatic hydroxyl groups excluding tert-OH is 4. The summed E-state index contributed by atoms with van der Waals surface area (Å²) in [7, 11) is 0. The second kappa shape index (κ2) is 27.8. The molecule has 0 fully saturated rings. The van der Waals surface area contributed by atoms with Gasteiger partial charge in [0.05, 0.1) is 0 Å². The molecule has 0 aliphatic carbocycles. The number of amides is 4. The molecule has 0 unspecified atom stereocenters. The predicted octanol–water partition coefficient (Wildman–Crippen LogP) is 4.48. The lowest BCUT2D eigenvalue weighted by Crippen LogP contribution is -2.27. The van der Waals surface area contributed by atoms with E-state index in [1.54, 1.807) is 36.4 Å². The summed E-state index contributed by atoms with van der Waals surface area (Å²) in [6.45, 7) is 2.28. The normalized spacial score (nSPS) is 10.9. The van der Waals surface area contributed by atoms with Crippen molar-refractivity contribution in [2.24, 2.45) is 0 Å². The molecule has 2 aromatic carbocycles. The summed E-state index contributed by atoms with van der Waals surface area (Å²) >= 11 is 0. The van der Waals surface area contributed by atoms with E-state index in [1.165, 1.54) is 0 Å². The van der Waals surface area contributed by atoms with Gasteiger partial charge in [-0.25, -0.2) is 0 Å². The second-order valence-corrected chi connectivity index (χ2v) is 13.2. The fourth-order valence-corrected chi connectivity index (χ4v) is 5.69. The van der Waals surface area contributed by atoms with Crippen LogP contribution in [0.4, 0.5) is 0 Å². The Morgan fingerprint density at radius 3 is 0.750 bits per heavy atom. The van der Waals surface area contributed by atoms with Crippen molar-refractivity contribution in [2.75, 3.05) is 52.6 Å². The summed E-state index contributed by atoms with van der Waals surface area (Å²) in [6.07, 6.45) is 12.7. The van der Waals surface area contributed by atoms with Crippen LogP contribution < -0.4 is 21.3 Å². The van der Waals surface area contributed by atoms with E-state index in [4.69, 9.17) is 20.4 Å². The van der Waals surface area contributed by atoms with Gasteiger partial charge in [0.25, 0.3) is 23.6 Å². The average Bonchev–Trinajstić information content (AvgIpc) is 3.16. The Kier molecular flexibility index (Phi) is 23.7. The average molecular weight is 727 g/mol. The van der Waals surface area contributed by atoms with Crippen molar-refractivity contribution in [1.29, 1.82) is 0 Å². The Hall–Kier alpha value is -3.84. The molecule has 52 heavy (non-hydrogen) atoms. The largest absolute Gasteiger partial charge is 0.396 e. The maximum atomic E-state index is 13.4. The number of hydrogen-bond acceptors (Lipinski definition) is 8. The first-order chi connectivity index (χ1) is 25.3. The van der Waals surface area contributed by atoms with Crippen molar-refractivity contribution in [2.45, 2.75) is 103 Å². The molecule has 2 aromatic rings. The summed E-state index contributed by atoms with van der Waals surface area (Å²) in [6, 6.07) is 9.73. The van der Waals surface area contributed by atoms with Gasteiger partial charge in [-0.05, 0) is 98.9 Å². The van der Waals surface area contributed by atoms with Crippen molar-refractivity contribution in [3.63, 3.8) is 0 Å². The van der Waals surface area contributed by atoms with Crippen molar-refractivity contribution in [3.05, 3.63) is 58.7 Å². The molecule has 0 aliphatic heterocycles. The summed E-state index contributed by atoms with van der Waals surface area (Å²) in [5, 5.41) is 47.8. The first-order valence-corrected chi connectivity index (χ1v) is 19.2. The molecule has 0 saturated heterocycles. The van der Waals surface area contributed by atoms with Gasteiger partial charge >= 0.3 is 0 Å². The van der Waals surface area contributed by atoms with E-state index in [0.717, 1.165) is 77.0 Å². The van der Waals surface area contributed by atoms with Crippen LogP contribution in [0, 0.1) is 0 Å². The number of hydrogen-bond donors (Lipinski definition) is 8. The maximum Gasteiger partial charge on any atom is 0.251 e. The molecule has 0 atom stereocenters. The van der Waals surface area contributed by atoms with Gasteiger partial charge in [0.1, 0.15) is 0 Å². The van der Waals surface area contributed by atoms with E-state index in [9.17, 15) is 19.2 Å². The number of aliphatic hydroxyl groups is 4. The van der Waals surface area contributed by atoms with Crippen LogP contribution in [-0.2, 0) is 0 Å². The molecule has 8 N–H and O–H groups in total. The van der Waals surface area contributed by atoms with E-state index in [1.807, 2.05) is 0 Å². The predicted molar refractivity (Wildman–Crippen MR) is 203 cm³/mol. The molecule has 0 aromatic heterocycles. The fourth-order valence-electron chi connectivity index (χ4n) is 5.69. The van der Waals surface area contributed by atoms with Crippen LogP contribution >= 0.6 is 0 Å². The summed E-state index contributed by atoms with van der Waals surface area (Å²) < 4.78 is 0. The summed E-state index contributed by atoms with van der Waals surface area (Å²) in [4.78, 5) is 53.5. The van der Waals surface area contributed by atoms with E-state index in [0.29, 0.717) is 63.0 Å². The molecular formula is C40H62N4O8. The zero-order valence-electron chi connectivity index (χ0n) is 30.9. The van der Waals surface area contributed by atoms with Gasteiger partial charge in [0.2, 0.25) is 0 Å². The van der Waals surface area contributed by atoms with Crippen molar-refractivity contribution in [3.8, 4) is 11.1 Å². The minimum absolute atomic E-state index is 0.135. The van der Waals surface area contributed by atoms with Crippen LogP contribution in [0.5, 0.6) is 0 Å². The standard InChI is InChI=1S/C40H62N4O8/c45-21-13-5-1-9-17-41-37(49)33-25-31(26-34(29-33)38(50)42-18-10-2-6-14-22-46)32-27-35(39(51)43-19-11-3-7-15-23-47)30-36(28-32)40(52)44-20-12-4-8-16-24-48/h25-30,45-48H,1-24H2,(H,41,49)(H,42,50)(H,43,51)(H,44,52). The molecule has 0 spiro atoms. The third-order valence-electron chi connectivity index (χ3n) is 8.73. The molecule has 290 valence electrons. The van der Waals surface area contributed by atoms with Gasteiger partial charge in [-0.3, -0.25) is 19.2 Å². The fraction of sp³-hybridized carbons (Fsp3) is 0.600. The molecule has 0 saturated carbocycles. The summed E-state index contributed by atoms with van der Waals surface area (Å²) in [5.74, 6) is -1.40. The topological polar surface area (TPSA) is 197 Å². The van der Waals surface area contributed by atoms with Gasteiger partial charge in [-0.1, -0.05) is 51.4 Å². The molecule has 2 rings (SSSR count). The monoisotopic (exact) mass is 726 g/mol. The van der Waals surface area contributed by atoms with Crippen LogP contribution in [0.3, 0.4) is 0 Å². The SMILES string of the molecule is O=C(NCCCCCCO)c1cc(C(=O)NCCCCCCO)cc(-c2cc(C(=O)NCCCCCCO)cc(C(=O)NCCCCCCO)c2)c1. The number of nitrogens with one attached hydrogen (secondary N) is 4. The zero-order chi connectivity index (χ0) is 37.8. The highest BCUT2D eigenvalue weighted by Crippen LogP contribution is 2.26. The Morgan fingerprint density at radius 2 is 0.538 bits per heavy atom. The zero-order valence-corrected chi connectivity index (χ0v) is 30.9. The van der Waals surface area contributed by atoms with Crippen LogP contribution in [0.2, 0.25) is 0 Å². The lowest BCUT2D eigenvalue weighted by molar-refractivity contribution is 0.0937. The number of rotatable bonds is 29. The van der Waals surface area contributed by atoms with E-state index >= 15 is 0 Å². The van der Waals surface area contributed by atoms with Gasteiger partial charge in [-0.15, -0.1) is 0 Å². The quantitative estimate of drug-likeness (QED) is 0.0562. The minimum atomic E-state index is -0.351.